The Bertz CT molecular complexity index is 111. The average molecular weight is 124 g/mol. The van der Waals surface area contributed by atoms with Gasteiger partial charge >= 0.3 is 0 Å². The third-order valence-electron chi connectivity index (χ3n) is 2.21. The first-order chi connectivity index (χ1) is 4.33. The fourth-order valence-corrected chi connectivity index (χ4v) is 1.59. The zero-order valence-corrected chi connectivity index (χ0v) is 6.48. The summed E-state index contributed by atoms with van der Waals surface area (Å²) in [5.41, 5.74) is 1.67. The minimum absolute atomic E-state index is 0.949. The van der Waals surface area contributed by atoms with Crippen LogP contribution in [-0.2, 0) is 0 Å². The van der Waals surface area contributed by atoms with Gasteiger partial charge in [-0.3, -0.25) is 0 Å². The van der Waals surface area contributed by atoms with Gasteiger partial charge in [0.15, 0.2) is 0 Å². The van der Waals surface area contributed by atoms with Crippen LogP contribution in [0.25, 0.3) is 0 Å². The molecule has 1 aliphatic carbocycles. The van der Waals surface area contributed by atoms with Crippen LogP contribution in [0.2, 0.25) is 0 Å². The number of allylic oxidation sites excluding steroid dienone is 2. The van der Waals surface area contributed by atoms with Crippen molar-refractivity contribution < 1.29 is 0 Å². The highest BCUT2D eigenvalue weighted by Gasteiger charge is 2.10. The molecule has 0 heteroatoms. The van der Waals surface area contributed by atoms with E-state index >= 15 is 0 Å². The molecular weight excluding hydrogens is 108 g/mol. The molecule has 0 heterocycles. The van der Waals surface area contributed by atoms with Crippen LogP contribution in [0.1, 0.15) is 39.5 Å². The molecule has 0 spiro atoms. The van der Waals surface area contributed by atoms with Crippen LogP contribution in [0.4, 0.5) is 0 Å². The van der Waals surface area contributed by atoms with Crippen molar-refractivity contribution in [2.24, 2.45) is 5.92 Å². The van der Waals surface area contributed by atoms with E-state index in [1.54, 1.807) is 5.57 Å². The van der Waals surface area contributed by atoms with E-state index in [4.69, 9.17) is 0 Å². The molecule has 0 aromatic rings. The SMILES string of the molecule is C/C=C1/CCC[C@H](C)C1. The molecule has 0 N–H and O–H groups in total. The first-order valence-electron chi connectivity index (χ1n) is 3.97. The molecule has 1 atom stereocenters. The predicted molar refractivity (Wildman–Crippen MR) is 41.4 cm³/mol. The summed E-state index contributed by atoms with van der Waals surface area (Å²) in [6.45, 7) is 4.51. The van der Waals surface area contributed by atoms with E-state index in [0.717, 1.165) is 5.92 Å². The van der Waals surface area contributed by atoms with Crippen LogP contribution < -0.4 is 0 Å². The molecule has 0 radical (unpaired) electrons. The lowest BCUT2D eigenvalue weighted by Crippen LogP contribution is -2.03. The molecule has 1 saturated carbocycles. The molecule has 52 valence electrons. The fraction of sp³-hybridized carbons (Fsp3) is 0.778. The summed E-state index contributed by atoms with van der Waals surface area (Å²) in [6.07, 6.45) is 7.87. The van der Waals surface area contributed by atoms with Gasteiger partial charge in [-0.15, -0.1) is 0 Å². The van der Waals surface area contributed by atoms with Crippen LogP contribution in [0, 0.1) is 5.92 Å². The maximum atomic E-state index is 2.35. The average Bonchev–Trinajstić information content (AvgIpc) is 1.88. The van der Waals surface area contributed by atoms with Gasteiger partial charge in [0.05, 0.1) is 0 Å². The maximum absolute atomic E-state index is 2.35. The zero-order chi connectivity index (χ0) is 6.69. The molecular formula is C9H16. The second kappa shape index (κ2) is 3.05. The second-order valence-corrected chi connectivity index (χ2v) is 3.15. The lowest BCUT2D eigenvalue weighted by molar-refractivity contribution is 0.452. The van der Waals surface area contributed by atoms with E-state index in [9.17, 15) is 0 Å². The summed E-state index contributed by atoms with van der Waals surface area (Å²) in [5.74, 6) is 0.949. The fourth-order valence-electron chi connectivity index (χ4n) is 1.59. The molecule has 0 aromatic heterocycles. The van der Waals surface area contributed by atoms with Gasteiger partial charge in [-0.05, 0) is 32.1 Å². The molecule has 9 heavy (non-hydrogen) atoms. The Labute approximate surface area is 58.0 Å². The molecule has 0 amide bonds. The lowest BCUT2D eigenvalue weighted by atomic mass is 9.87. The third kappa shape index (κ3) is 1.85. The smallest absolute Gasteiger partial charge is 0.0295 e. The van der Waals surface area contributed by atoms with Gasteiger partial charge < -0.3 is 0 Å². The lowest BCUT2D eigenvalue weighted by Gasteiger charge is -2.19. The van der Waals surface area contributed by atoms with Gasteiger partial charge in [-0.1, -0.05) is 25.0 Å². The minimum atomic E-state index is 0.949. The van der Waals surface area contributed by atoms with Crippen molar-refractivity contribution in [2.75, 3.05) is 0 Å². The van der Waals surface area contributed by atoms with Crippen LogP contribution in [0.5, 0.6) is 0 Å². The first-order valence-corrected chi connectivity index (χ1v) is 3.97. The highest BCUT2D eigenvalue weighted by atomic mass is 14.2. The van der Waals surface area contributed by atoms with Gasteiger partial charge in [0, 0.05) is 0 Å². The van der Waals surface area contributed by atoms with Crippen LogP contribution in [0.3, 0.4) is 0 Å². The highest BCUT2D eigenvalue weighted by molar-refractivity contribution is 5.03. The van der Waals surface area contributed by atoms with Crippen molar-refractivity contribution in [1.82, 2.24) is 0 Å². The standard InChI is InChI=1S/C9H16/c1-3-9-6-4-5-8(2)7-9/h3,8H,4-7H2,1-2H3/b9-3-/t8-/m0/s1. The van der Waals surface area contributed by atoms with Crippen LogP contribution in [-0.4, -0.2) is 0 Å². The first kappa shape index (κ1) is 6.85. The van der Waals surface area contributed by atoms with E-state index < -0.39 is 0 Å². The molecule has 0 aromatic carbocycles. The van der Waals surface area contributed by atoms with Gasteiger partial charge in [0.25, 0.3) is 0 Å². The molecule has 1 fully saturated rings. The van der Waals surface area contributed by atoms with E-state index in [0.29, 0.717) is 0 Å². The zero-order valence-electron chi connectivity index (χ0n) is 6.48. The van der Waals surface area contributed by atoms with Crippen molar-refractivity contribution >= 4 is 0 Å². The van der Waals surface area contributed by atoms with E-state index in [-0.39, 0.29) is 0 Å². The Kier molecular flexibility index (Phi) is 2.32. The Balaban J connectivity index is 2.41. The predicted octanol–water partition coefficient (Wildman–Crippen LogP) is 3.14. The Morgan fingerprint density at radius 1 is 1.56 bits per heavy atom. The van der Waals surface area contributed by atoms with E-state index in [2.05, 4.69) is 19.9 Å². The molecule has 0 nitrogen and oxygen atoms in total. The number of rotatable bonds is 0. The minimum Gasteiger partial charge on any atom is -0.0884 e. The van der Waals surface area contributed by atoms with Gasteiger partial charge in [0.1, 0.15) is 0 Å². The summed E-state index contributed by atoms with van der Waals surface area (Å²) in [5, 5.41) is 0. The quantitative estimate of drug-likeness (QED) is 0.435. The van der Waals surface area contributed by atoms with Crippen molar-refractivity contribution in [1.29, 1.82) is 0 Å². The molecule has 0 saturated heterocycles. The molecule has 1 aliphatic rings. The topological polar surface area (TPSA) is 0 Å². The summed E-state index contributed by atoms with van der Waals surface area (Å²) in [7, 11) is 0. The monoisotopic (exact) mass is 124 g/mol. The van der Waals surface area contributed by atoms with Crippen LogP contribution in [0.15, 0.2) is 11.6 Å². The number of hydrogen-bond donors (Lipinski definition) is 0. The van der Waals surface area contributed by atoms with Crippen LogP contribution >= 0.6 is 0 Å². The van der Waals surface area contributed by atoms with Crippen molar-refractivity contribution in [3.05, 3.63) is 11.6 Å². The third-order valence-corrected chi connectivity index (χ3v) is 2.21. The van der Waals surface area contributed by atoms with E-state index in [1.807, 2.05) is 0 Å². The Morgan fingerprint density at radius 3 is 2.78 bits per heavy atom. The van der Waals surface area contributed by atoms with Crippen molar-refractivity contribution in [3.63, 3.8) is 0 Å². The van der Waals surface area contributed by atoms with Gasteiger partial charge in [0.2, 0.25) is 0 Å². The molecule has 0 aliphatic heterocycles. The van der Waals surface area contributed by atoms with Crippen molar-refractivity contribution in [2.45, 2.75) is 39.5 Å². The van der Waals surface area contributed by atoms with Gasteiger partial charge in [-0.2, -0.15) is 0 Å². The molecule has 1 rings (SSSR count). The van der Waals surface area contributed by atoms with Gasteiger partial charge in [-0.25, -0.2) is 0 Å². The number of hydrogen-bond acceptors (Lipinski definition) is 0. The summed E-state index contributed by atoms with van der Waals surface area (Å²) >= 11 is 0. The van der Waals surface area contributed by atoms with E-state index in [1.165, 1.54) is 25.7 Å². The highest BCUT2D eigenvalue weighted by Crippen LogP contribution is 2.27. The Morgan fingerprint density at radius 2 is 2.33 bits per heavy atom. The summed E-state index contributed by atoms with van der Waals surface area (Å²) in [4.78, 5) is 0. The maximum Gasteiger partial charge on any atom is -0.0295 e. The molecule has 0 bridgehead atoms. The molecule has 0 unspecified atom stereocenters. The summed E-state index contributed by atoms with van der Waals surface area (Å²) < 4.78 is 0. The summed E-state index contributed by atoms with van der Waals surface area (Å²) in [6, 6.07) is 0. The van der Waals surface area contributed by atoms with Crippen molar-refractivity contribution in [3.8, 4) is 0 Å². The second-order valence-electron chi connectivity index (χ2n) is 3.15. The Hall–Kier alpha value is -0.260. The largest absolute Gasteiger partial charge is 0.0884 e. The normalized spacial score (nSPS) is 33.1.